The Morgan fingerprint density at radius 3 is 2.41 bits per heavy atom. The summed E-state index contributed by atoms with van der Waals surface area (Å²) in [7, 11) is -3.80. The zero-order valence-corrected chi connectivity index (χ0v) is 20.9. The lowest BCUT2D eigenvalue weighted by Crippen LogP contribution is -2.55. The fourth-order valence-electron chi connectivity index (χ4n) is 4.63. The van der Waals surface area contributed by atoms with E-state index in [4.69, 9.17) is 33.1 Å². The lowest BCUT2D eigenvalue weighted by molar-refractivity contribution is -0.135. The van der Waals surface area contributed by atoms with Gasteiger partial charge in [-0.15, -0.1) is 0 Å². The lowest BCUT2D eigenvalue weighted by atomic mass is 9.96. The van der Waals surface area contributed by atoms with Crippen molar-refractivity contribution in [2.24, 2.45) is 5.14 Å². The van der Waals surface area contributed by atoms with E-state index >= 15 is 0 Å². The van der Waals surface area contributed by atoms with Gasteiger partial charge in [0.2, 0.25) is 10.0 Å². The number of carbonyl (C=O) groups excluding carboxylic acids is 1. The summed E-state index contributed by atoms with van der Waals surface area (Å²) in [6.07, 6.45) is 4.55. The lowest BCUT2D eigenvalue weighted by Gasteiger charge is -2.40. The SMILES string of the molecule is CC(C)(Oc1cc(F)c(Cl)cc1Cl)C(=O)NC1CC2CCC(C1)N2c1ccc(S(N)(=O)=O)cn1. The van der Waals surface area contributed by atoms with E-state index in [0.29, 0.717) is 18.7 Å². The van der Waals surface area contributed by atoms with E-state index in [2.05, 4.69) is 15.2 Å². The van der Waals surface area contributed by atoms with Crippen LogP contribution < -0.4 is 20.1 Å². The Morgan fingerprint density at radius 2 is 1.85 bits per heavy atom. The van der Waals surface area contributed by atoms with Gasteiger partial charge in [0.15, 0.2) is 5.60 Å². The van der Waals surface area contributed by atoms with Crippen molar-refractivity contribution in [1.29, 1.82) is 0 Å². The summed E-state index contributed by atoms with van der Waals surface area (Å²) in [5.41, 5.74) is -1.30. The number of halogens is 3. The van der Waals surface area contributed by atoms with Gasteiger partial charge in [0.1, 0.15) is 22.3 Å². The van der Waals surface area contributed by atoms with Crippen LogP contribution in [0.5, 0.6) is 5.75 Å². The molecular formula is C22H25Cl2FN4O4S. The number of ether oxygens (including phenoxy) is 1. The van der Waals surface area contributed by atoms with Crippen molar-refractivity contribution >= 4 is 45.0 Å². The molecule has 2 aromatic rings. The van der Waals surface area contributed by atoms with Crippen LogP contribution in [0.2, 0.25) is 10.0 Å². The molecule has 0 spiro atoms. The van der Waals surface area contributed by atoms with Crippen molar-refractivity contribution in [3.8, 4) is 5.75 Å². The molecule has 2 bridgehead atoms. The number of nitrogens with zero attached hydrogens (tertiary/aromatic N) is 2. The third kappa shape index (κ3) is 5.10. The highest BCUT2D eigenvalue weighted by atomic mass is 35.5. The average molecular weight is 531 g/mol. The maximum Gasteiger partial charge on any atom is 0.263 e. The van der Waals surface area contributed by atoms with E-state index in [9.17, 15) is 17.6 Å². The molecule has 1 amide bonds. The first-order valence-corrected chi connectivity index (χ1v) is 13.1. The summed E-state index contributed by atoms with van der Waals surface area (Å²) in [6.45, 7) is 3.18. The molecular weight excluding hydrogens is 506 g/mol. The number of sulfonamides is 1. The number of primary sulfonamides is 1. The van der Waals surface area contributed by atoms with Gasteiger partial charge >= 0.3 is 0 Å². The number of hydrogen-bond acceptors (Lipinski definition) is 6. The summed E-state index contributed by atoms with van der Waals surface area (Å²) in [5, 5.41) is 8.20. The minimum absolute atomic E-state index is 0.0337. The zero-order valence-electron chi connectivity index (χ0n) is 18.6. The normalized spacial score (nSPS) is 22.5. The maximum absolute atomic E-state index is 13.8. The number of rotatable bonds is 6. The Labute approximate surface area is 207 Å². The first kappa shape index (κ1) is 25.0. The van der Waals surface area contributed by atoms with Gasteiger partial charge in [-0.3, -0.25) is 4.79 Å². The van der Waals surface area contributed by atoms with Crippen LogP contribution >= 0.6 is 23.2 Å². The molecule has 8 nitrogen and oxygen atoms in total. The van der Waals surface area contributed by atoms with Crippen molar-refractivity contribution in [3.05, 3.63) is 46.3 Å². The summed E-state index contributed by atoms with van der Waals surface area (Å²) < 4.78 is 42.6. The molecule has 0 radical (unpaired) electrons. The van der Waals surface area contributed by atoms with Gasteiger partial charge in [-0.05, 0) is 57.7 Å². The number of anilines is 1. The third-order valence-corrected chi connectivity index (χ3v) is 7.75. The first-order chi connectivity index (χ1) is 15.8. The van der Waals surface area contributed by atoms with Gasteiger partial charge in [-0.25, -0.2) is 22.9 Å². The summed E-state index contributed by atoms with van der Waals surface area (Å²) in [4.78, 5) is 19.5. The van der Waals surface area contributed by atoms with Gasteiger partial charge in [0.05, 0.1) is 10.0 Å². The number of aromatic nitrogens is 1. The predicted molar refractivity (Wildman–Crippen MR) is 127 cm³/mol. The number of fused-ring (bicyclic) bond motifs is 2. The molecule has 2 fully saturated rings. The fourth-order valence-corrected chi connectivity index (χ4v) is 5.50. The first-order valence-electron chi connectivity index (χ1n) is 10.8. The standard InChI is InChI=1S/C22H25Cl2FN4O4S/c1-22(2,33-19-10-18(25)16(23)9-17(19)24)21(30)28-12-7-13-3-4-14(8-12)29(13)20-6-5-15(11-27-20)34(26,31)32/h5-6,9-14H,3-4,7-8H2,1-2H3,(H,28,30)(H2,26,31,32). The van der Waals surface area contributed by atoms with E-state index < -0.39 is 21.4 Å². The molecule has 12 heteroatoms. The summed E-state index contributed by atoms with van der Waals surface area (Å²) in [6, 6.07) is 5.64. The van der Waals surface area contributed by atoms with Crippen LogP contribution in [0.25, 0.3) is 0 Å². The molecule has 2 saturated heterocycles. The van der Waals surface area contributed by atoms with Crippen LogP contribution in [-0.2, 0) is 14.8 Å². The highest BCUT2D eigenvalue weighted by Gasteiger charge is 2.43. The third-order valence-electron chi connectivity index (χ3n) is 6.27. The topological polar surface area (TPSA) is 115 Å². The maximum atomic E-state index is 13.8. The quantitative estimate of drug-likeness (QED) is 0.550. The molecule has 1 aromatic carbocycles. The fraction of sp³-hybridized carbons (Fsp3) is 0.455. The number of nitrogens with two attached hydrogens (primary N) is 1. The van der Waals surface area contributed by atoms with Gasteiger partial charge in [0, 0.05) is 30.4 Å². The molecule has 34 heavy (non-hydrogen) atoms. The van der Waals surface area contributed by atoms with Gasteiger partial charge < -0.3 is 15.0 Å². The summed E-state index contributed by atoms with van der Waals surface area (Å²) >= 11 is 11.8. The Balaban J connectivity index is 1.42. The zero-order chi connectivity index (χ0) is 24.8. The van der Waals surface area contributed by atoms with E-state index in [1.165, 1.54) is 18.3 Å². The van der Waals surface area contributed by atoms with Crippen LogP contribution in [0.3, 0.4) is 0 Å². The number of piperidine rings is 1. The second-order valence-electron chi connectivity index (χ2n) is 9.14. The Bertz CT molecular complexity index is 1200. The van der Waals surface area contributed by atoms with Gasteiger partial charge in [-0.1, -0.05) is 23.2 Å². The largest absolute Gasteiger partial charge is 0.476 e. The molecule has 184 valence electrons. The van der Waals surface area contributed by atoms with Crippen molar-refractivity contribution in [2.45, 2.75) is 68.2 Å². The molecule has 0 saturated carbocycles. The molecule has 2 unspecified atom stereocenters. The molecule has 2 atom stereocenters. The summed E-state index contributed by atoms with van der Waals surface area (Å²) in [5.74, 6) is -0.306. The van der Waals surface area contributed by atoms with Crippen molar-refractivity contribution in [2.75, 3.05) is 4.90 Å². The monoisotopic (exact) mass is 530 g/mol. The molecule has 3 heterocycles. The molecule has 1 aromatic heterocycles. The number of nitrogens with one attached hydrogen (secondary N) is 1. The average Bonchev–Trinajstić information content (AvgIpc) is 3.01. The van der Waals surface area contributed by atoms with Crippen LogP contribution in [0.4, 0.5) is 10.2 Å². The van der Waals surface area contributed by atoms with Crippen LogP contribution in [0, 0.1) is 5.82 Å². The number of pyridine rings is 1. The number of benzene rings is 1. The van der Waals surface area contributed by atoms with E-state index in [1.807, 2.05) is 0 Å². The van der Waals surface area contributed by atoms with Crippen LogP contribution in [0.1, 0.15) is 39.5 Å². The van der Waals surface area contributed by atoms with Crippen molar-refractivity contribution in [1.82, 2.24) is 10.3 Å². The Morgan fingerprint density at radius 1 is 1.21 bits per heavy atom. The highest BCUT2D eigenvalue weighted by Crippen LogP contribution is 2.39. The van der Waals surface area contributed by atoms with Gasteiger partial charge in [0.25, 0.3) is 5.91 Å². The van der Waals surface area contributed by atoms with Crippen molar-refractivity contribution in [3.63, 3.8) is 0 Å². The molecule has 2 aliphatic rings. The van der Waals surface area contributed by atoms with Crippen LogP contribution in [-0.4, -0.2) is 43.0 Å². The second-order valence-corrected chi connectivity index (χ2v) is 11.5. The minimum atomic E-state index is -3.80. The molecule has 2 aliphatic heterocycles. The Hall–Kier alpha value is -2.14. The minimum Gasteiger partial charge on any atom is -0.476 e. The van der Waals surface area contributed by atoms with Crippen molar-refractivity contribution < 1.29 is 22.3 Å². The smallest absolute Gasteiger partial charge is 0.263 e. The van der Waals surface area contributed by atoms with E-state index in [0.717, 1.165) is 18.9 Å². The Kier molecular flexibility index (Phi) is 6.71. The molecule has 3 N–H and O–H groups in total. The molecule has 4 rings (SSSR count). The highest BCUT2D eigenvalue weighted by molar-refractivity contribution is 7.89. The number of amides is 1. The predicted octanol–water partition coefficient (Wildman–Crippen LogP) is 3.65. The number of carbonyl (C=O) groups is 1. The second kappa shape index (κ2) is 9.14. The van der Waals surface area contributed by atoms with E-state index in [-0.39, 0.29) is 44.7 Å². The van der Waals surface area contributed by atoms with Gasteiger partial charge in [-0.2, -0.15) is 0 Å². The molecule has 0 aliphatic carbocycles. The van der Waals surface area contributed by atoms with E-state index in [1.54, 1.807) is 19.9 Å². The van der Waals surface area contributed by atoms with Crippen LogP contribution in [0.15, 0.2) is 35.4 Å². The number of hydrogen-bond donors (Lipinski definition) is 2.